The fraction of sp³-hybridized carbons (Fsp3) is 0.400. The average molecular weight is 245 g/mol. The van der Waals surface area contributed by atoms with E-state index in [1.54, 1.807) is 13.8 Å². The van der Waals surface area contributed by atoms with Crippen molar-refractivity contribution in [3.05, 3.63) is 33.3 Å². The lowest BCUT2D eigenvalue weighted by Crippen LogP contribution is -2.34. The molecule has 0 heterocycles. The molecule has 0 saturated heterocycles. The normalized spacial score (nSPS) is 11.2. The van der Waals surface area contributed by atoms with Crippen molar-refractivity contribution in [1.29, 1.82) is 0 Å². The van der Waals surface area contributed by atoms with Gasteiger partial charge in [-0.15, -0.1) is 0 Å². The molecular weight excluding hydrogens is 232 g/mol. The van der Waals surface area contributed by atoms with Gasteiger partial charge in [0.05, 0.1) is 27.8 Å². The lowest BCUT2D eigenvalue weighted by Gasteiger charge is -2.25. The van der Waals surface area contributed by atoms with Gasteiger partial charge >= 0.3 is 0 Å². The number of hydrogen-bond donors (Lipinski definition) is 2. The summed E-state index contributed by atoms with van der Waals surface area (Å²) < 4.78 is 0. The van der Waals surface area contributed by atoms with E-state index < -0.39 is 10.5 Å². The van der Waals surface area contributed by atoms with Gasteiger partial charge in [-0.1, -0.05) is 11.6 Å². The molecular formula is C10H13ClN2O3. The van der Waals surface area contributed by atoms with E-state index in [-0.39, 0.29) is 17.3 Å². The second-order valence-corrected chi connectivity index (χ2v) is 4.50. The van der Waals surface area contributed by atoms with E-state index in [0.29, 0.717) is 5.69 Å². The first-order valence-corrected chi connectivity index (χ1v) is 5.06. The number of hydrogen-bond acceptors (Lipinski definition) is 4. The van der Waals surface area contributed by atoms with Crippen LogP contribution in [0.3, 0.4) is 0 Å². The fourth-order valence-electron chi connectivity index (χ4n) is 1.12. The number of nitro benzene ring substituents is 1. The van der Waals surface area contributed by atoms with Crippen LogP contribution in [0.25, 0.3) is 0 Å². The second-order valence-electron chi connectivity index (χ2n) is 4.09. The summed E-state index contributed by atoms with van der Waals surface area (Å²) in [5.41, 5.74) is -0.0246. The summed E-state index contributed by atoms with van der Waals surface area (Å²) in [6.07, 6.45) is 0. The van der Waals surface area contributed by atoms with Crippen LogP contribution < -0.4 is 5.32 Å². The van der Waals surface area contributed by atoms with Crippen LogP contribution in [-0.2, 0) is 0 Å². The van der Waals surface area contributed by atoms with Crippen LogP contribution in [0.1, 0.15) is 13.8 Å². The van der Waals surface area contributed by atoms with Crippen molar-refractivity contribution >= 4 is 23.0 Å². The van der Waals surface area contributed by atoms with E-state index in [4.69, 9.17) is 16.7 Å². The van der Waals surface area contributed by atoms with Crippen LogP contribution >= 0.6 is 11.6 Å². The van der Waals surface area contributed by atoms with Gasteiger partial charge in [-0.3, -0.25) is 10.1 Å². The Balaban J connectivity index is 2.96. The van der Waals surface area contributed by atoms with Crippen molar-refractivity contribution in [3.8, 4) is 0 Å². The number of benzene rings is 1. The van der Waals surface area contributed by atoms with Crippen molar-refractivity contribution in [2.75, 3.05) is 11.9 Å². The van der Waals surface area contributed by atoms with Crippen LogP contribution in [0.15, 0.2) is 18.2 Å². The number of anilines is 1. The van der Waals surface area contributed by atoms with Gasteiger partial charge in [-0.05, 0) is 19.9 Å². The molecule has 0 aromatic heterocycles. The highest BCUT2D eigenvalue weighted by atomic mass is 35.5. The first-order chi connectivity index (χ1) is 7.35. The minimum atomic E-state index is -0.528. The molecule has 0 saturated carbocycles. The molecule has 0 fully saturated rings. The third-order valence-electron chi connectivity index (χ3n) is 2.03. The molecule has 1 aromatic carbocycles. The summed E-state index contributed by atoms with van der Waals surface area (Å²) in [4.78, 5) is 9.99. The Labute approximate surface area is 98.2 Å². The molecule has 0 bridgehead atoms. The fourth-order valence-corrected chi connectivity index (χ4v) is 1.35. The highest BCUT2D eigenvalue weighted by Gasteiger charge is 2.18. The topological polar surface area (TPSA) is 75.4 Å². The van der Waals surface area contributed by atoms with E-state index in [1.165, 1.54) is 18.2 Å². The molecule has 0 radical (unpaired) electrons. The number of nitrogens with zero attached hydrogens (tertiary/aromatic N) is 1. The molecule has 0 aliphatic heterocycles. The predicted molar refractivity (Wildman–Crippen MR) is 62.9 cm³/mol. The third kappa shape index (κ3) is 3.08. The van der Waals surface area contributed by atoms with Crippen LogP contribution in [-0.4, -0.2) is 22.2 Å². The van der Waals surface area contributed by atoms with Crippen molar-refractivity contribution in [2.45, 2.75) is 19.4 Å². The van der Waals surface area contributed by atoms with E-state index in [1.807, 2.05) is 0 Å². The standard InChI is InChI=1S/C10H13ClN2O3/c1-10(2,6-14)12-9-4-3-7(13(15)16)5-8(9)11/h3-5,12,14H,6H2,1-2H3. The zero-order chi connectivity index (χ0) is 12.3. The van der Waals surface area contributed by atoms with Gasteiger partial charge < -0.3 is 10.4 Å². The van der Waals surface area contributed by atoms with Gasteiger partial charge in [0.15, 0.2) is 0 Å². The number of halogens is 1. The number of nitrogens with one attached hydrogen (secondary N) is 1. The third-order valence-corrected chi connectivity index (χ3v) is 2.34. The predicted octanol–water partition coefficient (Wildman–Crippen LogP) is 2.43. The quantitative estimate of drug-likeness (QED) is 0.630. The maximum atomic E-state index is 10.5. The molecule has 6 heteroatoms. The van der Waals surface area contributed by atoms with Gasteiger partial charge in [0, 0.05) is 12.1 Å². The highest BCUT2D eigenvalue weighted by Crippen LogP contribution is 2.28. The summed E-state index contributed by atoms with van der Waals surface area (Å²) in [6.45, 7) is 3.52. The first-order valence-electron chi connectivity index (χ1n) is 4.69. The SMILES string of the molecule is CC(C)(CO)Nc1ccc([N+](=O)[O-])cc1Cl. The molecule has 88 valence electrons. The molecule has 0 atom stereocenters. The Morgan fingerprint density at radius 1 is 1.56 bits per heavy atom. The number of non-ortho nitro benzene ring substituents is 1. The number of aliphatic hydroxyl groups is 1. The minimum absolute atomic E-state index is 0.0580. The molecule has 16 heavy (non-hydrogen) atoms. The summed E-state index contributed by atoms with van der Waals surface area (Å²) in [7, 11) is 0. The zero-order valence-electron chi connectivity index (χ0n) is 9.03. The molecule has 1 rings (SSSR count). The smallest absolute Gasteiger partial charge is 0.271 e. The van der Waals surface area contributed by atoms with Crippen LogP contribution in [0.2, 0.25) is 5.02 Å². The Morgan fingerprint density at radius 2 is 2.19 bits per heavy atom. The zero-order valence-corrected chi connectivity index (χ0v) is 9.78. The Bertz CT molecular complexity index is 407. The number of nitro groups is 1. The summed E-state index contributed by atoms with van der Waals surface area (Å²) in [5.74, 6) is 0. The largest absolute Gasteiger partial charge is 0.394 e. The van der Waals surface area contributed by atoms with Gasteiger partial charge in [-0.2, -0.15) is 0 Å². The van der Waals surface area contributed by atoms with Crippen LogP contribution in [0.4, 0.5) is 11.4 Å². The van der Waals surface area contributed by atoms with Crippen LogP contribution in [0, 0.1) is 10.1 Å². The summed E-state index contributed by atoms with van der Waals surface area (Å²) in [6, 6.07) is 4.16. The molecule has 0 amide bonds. The maximum absolute atomic E-state index is 10.5. The van der Waals surface area contributed by atoms with Crippen molar-refractivity contribution < 1.29 is 10.0 Å². The van der Waals surface area contributed by atoms with Gasteiger partial charge in [0.1, 0.15) is 0 Å². The van der Waals surface area contributed by atoms with E-state index in [0.717, 1.165) is 0 Å². The molecule has 1 aromatic rings. The minimum Gasteiger partial charge on any atom is -0.394 e. The first kappa shape index (κ1) is 12.7. The van der Waals surface area contributed by atoms with Crippen molar-refractivity contribution in [2.24, 2.45) is 0 Å². The molecule has 0 unspecified atom stereocenters. The Morgan fingerprint density at radius 3 is 2.62 bits per heavy atom. The molecule has 2 N–H and O–H groups in total. The van der Waals surface area contributed by atoms with Crippen LogP contribution in [0.5, 0.6) is 0 Å². The summed E-state index contributed by atoms with van der Waals surface area (Å²) >= 11 is 5.89. The number of aliphatic hydroxyl groups excluding tert-OH is 1. The van der Waals surface area contributed by atoms with E-state index in [9.17, 15) is 10.1 Å². The monoisotopic (exact) mass is 244 g/mol. The lowest BCUT2D eigenvalue weighted by atomic mass is 10.1. The second kappa shape index (κ2) is 4.67. The number of rotatable bonds is 4. The van der Waals surface area contributed by atoms with Crippen molar-refractivity contribution in [3.63, 3.8) is 0 Å². The van der Waals surface area contributed by atoms with E-state index >= 15 is 0 Å². The van der Waals surface area contributed by atoms with Gasteiger partial charge in [0.2, 0.25) is 0 Å². The summed E-state index contributed by atoms with van der Waals surface area (Å²) in [5, 5.41) is 22.8. The Hall–Kier alpha value is -1.33. The van der Waals surface area contributed by atoms with Gasteiger partial charge in [-0.25, -0.2) is 0 Å². The lowest BCUT2D eigenvalue weighted by molar-refractivity contribution is -0.384. The van der Waals surface area contributed by atoms with Crippen molar-refractivity contribution in [1.82, 2.24) is 0 Å². The molecule has 0 aliphatic carbocycles. The molecule has 5 nitrogen and oxygen atoms in total. The van der Waals surface area contributed by atoms with Gasteiger partial charge in [0.25, 0.3) is 5.69 Å². The molecule has 0 spiro atoms. The maximum Gasteiger partial charge on any atom is 0.271 e. The highest BCUT2D eigenvalue weighted by molar-refractivity contribution is 6.33. The average Bonchev–Trinajstić information content (AvgIpc) is 2.20. The van der Waals surface area contributed by atoms with E-state index in [2.05, 4.69) is 5.32 Å². The molecule has 0 aliphatic rings. The Kier molecular flexibility index (Phi) is 3.72.